The van der Waals surface area contributed by atoms with Crippen LogP contribution in [0.2, 0.25) is 5.15 Å². The third-order valence-electron chi connectivity index (χ3n) is 3.92. The molecule has 2 unspecified atom stereocenters. The van der Waals surface area contributed by atoms with Gasteiger partial charge >= 0.3 is 0 Å². The Morgan fingerprint density at radius 2 is 2.00 bits per heavy atom. The highest BCUT2D eigenvalue weighted by molar-refractivity contribution is 6.32. The highest BCUT2D eigenvalue weighted by atomic mass is 35.5. The lowest BCUT2D eigenvalue weighted by Gasteiger charge is -2.08. The summed E-state index contributed by atoms with van der Waals surface area (Å²) in [5, 5.41) is 8.84. The number of aromatic nitrogens is 4. The lowest BCUT2D eigenvalue weighted by molar-refractivity contribution is 0.583. The molecular weight excluding hydrogens is 224 g/mol. The van der Waals surface area contributed by atoms with E-state index < -0.39 is 0 Å². The average Bonchev–Trinajstić information content (AvgIpc) is 2.77. The van der Waals surface area contributed by atoms with Crippen LogP contribution in [0.15, 0.2) is 12.4 Å². The van der Waals surface area contributed by atoms with Crippen LogP contribution in [0.5, 0.6) is 0 Å². The maximum atomic E-state index is 5.98. The van der Waals surface area contributed by atoms with Crippen LogP contribution in [0.1, 0.15) is 31.0 Å². The normalized spacial score (nSPS) is 31.9. The summed E-state index contributed by atoms with van der Waals surface area (Å²) in [6.45, 7) is 0. The van der Waals surface area contributed by atoms with Gasteiger partial charge in [0.2, 0.25) is 0 Å². The van der Waals surface area contributed by atoms with E-state index in [-0.39, 0.29) is 0 Å². The van der Waals surface area contributed by atoms with Crippen molar-refractivity contribution in [1.82, 2.24) is 19.6 Å². The second-order valence-corrected chi connectivity index (χ2v) is 5.25. The molecule has 0 amide bonds. The molecule has 0 bridgehead atoms. The summed E-state index contributed by atoms with van der Waals surface area (Å²) in [6.07, 6.45) is 7.57. The minimum absolute atomic E-state index is 0.435. The van der Waals surface area contributed by atoms with Gasteiger partial charge in [0, 0.05) is 18.3 Å². The number of hydrogen-bond acceptors (Lipinski definition) is 3. The monoisotopic (exact) mass is 234 g/mol. The van der Waals surface area contributed by atoms with Crippen molar-refractivity contribution in [2.45, 2.75) is 25.2 Å². The van der Waals surface area contributed by atoms with Crippen LogP contribution >= 0.6 is 11.6 Å². The van der Waals surface area contributed by atoms with Crippen LogP contribution in [-0.2, 0) is 0 Å². The van der Waals surface area contributed by atoms with Crippen molar-refractivity contribution in [1.29, 1.82) is 0 Å². The molecule has 2 heterocycles. The minimum atomic E-state index is 0.435. The molecular formula is C11H11ClN4. The second kappa shape index (κ2) is 2.94. The first-order chi connectivity index (χ1) is 7.83. The van der Waals surface area contributed by atoms with E-state index in [0.29, 0.717) is 16.7 Å². The molecule has 0 radical (unpaired) electrons. The van der Waals surface area contributed by atoms with Crippen LogP contribution in [0.3, 0.4) is 0 Å². The molecule has 0 aromatic carbocycles. The van der Waals surface area contributed by atoms with E-state index in [1.54, 1.807) is 6.20 Å². The highest BCUT2D eigenvalue weighted by Crippen LogP contribution is 2.57. The molecule has 2 aromatic heterocycles. The van der Waals surface area contributed by atoms with Gasteiger partial charge in [-0.15, -0.1) is 10.2 Å². The zero-order chi connectivity index (χ0) is 10.7. The van der Waals surface area contributed by atoms with Crippen LogP contribution in [0, 0.1) is 11.8 Å². The van der Waals surface area contributed by atoms with Gasteiger partial charge in [-0.3, -0.25) is 4.40 Å². The fraction of sp³-hybridized carbons (Fsp3) is 0.545. The summed E-state index contributed by atoms with van der Waals surface area (Å²) >= 11 is 5.98. The van der Waals surface area contributed by atoms with E-state index in [1.807, 2.05) is 10.6 Å². The molecule has 16 heavy (non-hydrogen) atoms. The molecule has 2 saturated carbocycles. The SMILES string of the molecule is Clc1nccn2c(C3CC4CC4C3)nnc12. The molecule has 0 spiro atoms. The Balaban J connectivity index is 1.82. The number of rotatable bonds is 1. The Kier molecular flexibility index (Phi) is 1.64. The predicted molar refractivity (Wildman–Crippen MR) is 59.4 cm³/mol. The van der Waals surface area contributed by atoms with Gasteiger partial charge in [0.25, 0.3) is 0 Å². The minimum Gasteiger partial charge on any atom is -0.282 e. The number of nitrogens with zero attached hydrogens (tertiary/aromatic N) is 4. The Hall–Kier alpha value is -1.16. The maximum Gasteiger partial charge on any atom is 0.198 e. The molecule has 2 aliphatic carbocycles. The number of fused-ring (bicyclic) bond motifs is 2. The average molecular weight is 235 g/mol. The van der Waals surface area contributed by atoms with Gasteiger partial charge in [0.1, 0.15) is 5.82 Å². The summed E-state index contributed by atoms with van der Waals surface area (Å²) in [6, 6.07) is 0. The summed E-state index contributed by atoms with van der Waals surface area (Å²) in [4.78, 5) is 4.01. The molecule has 2 fully saturated rings. The predicted octanol–water partition coefficient (Wildman–Crippen LogP) is 2.29. The van der Waals surface area contributed by atoms with E-state index in [2.05, 4.69) is 15.2 Å². The molecule has 2 aromatic rings. The van der Waals surface area contributed by atoms with Crippen LogP contribution in [-0.4, -0.2) is 19.6 Å². The molecule has 2 aliphatic rings. The van der Waals surface area contributed by atoms with Gasteiger partial charge in [0.05, 0.1) is 0 Å². The maximum absolute atomic E-state index is 5.98. The Bertz CT molecular complexity index is 554. The molecule has 2 atom stereocenters. The highest BCUT2D eigenvalue weighted by Gasteiger charge is 2.47. The van der Waals surface area contributed by atoms with Gasteiger partial charge in [-0.25, -0.2) is 4.98 Å². The first-order valence-corrected chi connectivity index (χ1v) is 6.06. The molecule has 4 nitrogen and oxygen atoms in total. The number of halogens is 1. The standard InChI is InChI=1S/C11H11ClN4/c12-9-11-15-14-10(16(11)2-1-13-9)8-4-6-3-7(6)5-8/h1-2,6-8H,3-5H2. The Morgan fingerprint density at radius 1 is 1.19 bits per heavy atom. The molecule has 5 heteroatoms. The van der Waals surface area contributed by atoms with E-state index >= 15 is 0 Å². The summed E-state index contributed by atoms with van der Waals surface area (Å²) in [5.41, 5.74) is 0.680. The zero-order valence-corrected chi connectivity index (χ0v) is 9.43. The first kappa shape index (κ1) is 8.93. The number of hydrogen-bond donors (Lipinski definition) is 0. The van der Waals surface area contributed by atoms with Crippen LogP contribution < -0.4 is 0 Å². The zero-order valence-electron chi connectivity index (χ0n) is 8.67. The van der Waals surface area contributed by atoms with Crippen molar-refractivity contribution in [2.75, 3.05) is 0 Å². The molecule has 0 N–H and O–H groups in total. The summed E-state index contributed by atoms with van der Waals surface area (Å²) in [5.74, 6) is 3.54. The van der Waals surface area contributed by atoms with Gasteiger partial charge < -0.3 is 0 Å². The molecule has 0 saturated heterocycles. The third kappa shape index (κ3) is 1.13. The Labute approximate surface area is 97.7 Å². The van der Waals surface area contributed by atoms with E-state index in [4.69, 9.17) is 11.6 Å². The van der Waals surface area contributed by atoms with Crippen molar-refractivity contribution < 1.29 is 0 Å². The van der Waals surface area contributed by atoms with Crippen molar-refractivity contribution in [2.24, 2.45) is 11.8 Å². The molecule has 4 rings (SSSR count). The topological polar surface area (TPSA) is 43.1 Å². The van der Waals surface area contributed by atoms with Gasteiger partial charge in [-0.05, 0) is 31.1 Å². The van der Waals surface area contributed by atoms with Crippen molar-refractivity contribution in [3.8, 4) is 0 Å². The van der Waals surface area contributed by atoms with E-state index in [1.165, 1.54) is 19.3 Å². The van der Waals surface area contributed by atoms with E-state index in [9.17, 15) is 0 Å². The first-order valence-electron chi connectivity index (χ1n) is 5.68. The summed E-state index contributed by atoms with van der Waals surface area (Å²) < 4.78 is 1.99. The molecule has 82 valence electrons. The third-order valence-corrected chi connectivity index (χ3v) is 4.19. The summed E-state index contributed by atoms with van der Waals surface area (Å²) in [7, 11) is 0. The van der Waals surface area contributed by atoms with E-state index in [0.717, 1.165) is 17.7 Å². The van der Waals surface area contributed by atoms with Gasteiger partial charge in [0.15, 0.2) is 10.8 Å². The van der Waals surface area contributed by atoms with Crippen molar-refractivity contribution in [3.63, 3.8) is 0 Å². The lowest BCUT2D eigenvalue weighted by atomic mass is 10.0. The smallest absolute Gasteiger partial charge is 0.198 e. The molecule has 0 aliphatic heterocycles. The van der Waals surface area contributed by atoms with Crippen molar-refractivity contribution >= 4 is 17.2 Å². The Morgan fingerprint density at radius 3 is 2.81 bits per heavy atom. The fourth-order valence-corrected chi connectivity index (χ4v) is 3.20. The largest absolute Gasteiger partial charge is 0.282 e. The van der Waals surface area contributed by atoms with Crippen LogP contribution in [0.4, 0.5) is 0 Å². The second-order valence-electron chi connectivity index (χ2n) is 4.89. The van der Waals surface area contributed by atoms with Crippen LogP contribution in [0.25, 0.3) is 5.65 Å². The quantitative estimate of drug-likeness (QED) is 0.761. The lowest BCUT2D eigenvalue weighted by Crippen LogP contribution is -2.02. The van der Waals surface area contributed by atoms with Gasteiger partial charge in [-0.2, -0.15) is 0 Å². The van der Waals surface area contributed by atoms with Gasteiger partial charge in [-0.1, -0.05) is 11.6 Å². The van der Waals surface area contributed by atoms with Crippen molar-refractivity contribution in [3.05, 3.63) is 23.4 Å². The fourth-order valence-electron chi connectivity index (χ4n) is 3.02.